The molecular formula is C35H39N3O7. The maximum Gasteiger partial charge on any atom is 0.408 e. The third kappa shape index (κ3) is 7.66. The van der Waals surface area contributed by atoms with Gasteiger partial charge in [0.1, 0.15) is 12.6 Å². The van der Waals surface area contributed by atoms with Crippen LogP contribution in [0, 0.1) is 5.92 Å². The van der Waals surface area contributed by atoms with Crippen LogP contribution in [0.2, 0.25) is 0 Å². The molecule has 5 rings (SSSR count). The first-order valence-electron chi connectivity index (χ1n) is 15.0. The number of carbonyl (C=O) groups is 3. The molecule has 0 aromatic heterocycles. The monoisotopic (exact) mass is 613 g/mol. The molecular weight excluding hydrogens is 574 g/mol. The van der Waals surface area contributed by atoms with Gasteiger partial charge in [0.25, 0.3) is 5.91 Å². The summed E-state index contributed by atoms with van der Waals surface area (Å²) in [5, 5.41) is 12.0. The van der Waals surface area contributed by atoms with Crippen LogP contribution in [0.3, 0.4) is 0 Å². The largest absolute Gasteiger partial charge is 0.445 e. The number of likely N-dealkylation sites (N-methyl/N-ethyl adjacent to an activating group) is 1. The van der Waals surface area contributed by atoms with Crippen LogP contribution in [-0.2, 0) is 37.0 Å². The van der Waals surface area contributed by atoms with Crippen LogP contribution < -0.4 is 10.2 Å². The molecule has 3 aromatic rings. The first kappa shape index (κ1) is 32.1. The second-order valence-electron chi connectivity index (χ2n) is 11.5. The van der Waals surface area contributed by atoms with E-state index >= 15 is 0 Å². The average Bonchev–Trinajstić information content (AvgIpc) is 3.33. The van der Waals surface area contributed by atoms with E-state index in [2.05, 4.69) is 23.7 Å². The molecule has 3 amide bonds. The molecule has 2 heterocycles. The summed E-state index contributed by atoms with van der Waals surface area (Å²) in [6, 6.07) is 22.8. The van der Waals surface area contributed by atoms with E-state index in [1.807, 2.05) is 73.8 Å². The lowest BCUT2D eigenvalue weighted by Gasteiger charge is -2.42. The number of alkyl carbamates (subject to hydrolysis) is 1. The molecule has 236 valence electrons. The lowest BCUT2D eigenvalue weighted by Crippen LogP contribution is -2.43. The van der Waals surface area contributed by atoms with Gasteiger partial charge in [0.15, 0.2) is 6.29 Å². The maximum atomic E-state index is 13.3. The molecule has 2 saturated heterocycles. The summed E-state index contributed by atoms with van der Waals surface area (Å²) >= 11 is 0. The molecule has 0 saturated carbocycles. The number of ether oxygens (including phenoxy) is 3. The summed E-state index contributed by atoms with van der Waals surface area (Å²) in [6.45, 7) is 7.25. The number of carbonyl (C=O) groups excluding carboxylic acids is 3. The van der Waals surface area contributed by atoms with Gasteiger partial charge in [-0.3, -0.25) is 9.59 Å². The minimum absolute atomic E-state index is 0.00751. The Hall–Kier alpha value is -4.35. The summed E-state index contributed by atoms with van der Waals surface area (Å²) in [7, 11) is 2.00. The van der Waals surface area contributed by atoms with Gasteiger partial charge in [-0.1, -0.05) is 79.7 Å². The summed E-state index contributed by atoms with van der Waals surface area (Å²) in [4.78, 5) is 42.0. The molecule has 45 heavy (non-hydrogen) atoms. The Morgan fingerprint density at radius 3 is 2.51 bits per heavy atom. The molecule has 2 aliphatic heterocycles. The van der Waals surface area contributed by atoms with Crippen molar-refractivity contribution in [3.8, 4) is 0 Å². The molecule has 0 spiro atoms. The second kappa shape index (κ2) is 14.6. The van der Waals surface area contributed by atoms with E-state index in [0.29, 0.717) is 24.3 Å². The number of amides is 3. The van der Waals surface area contributed by atoms with Crippen LogP contribution in [0.5, 0.6) is 0 Å². The SMILES string of the molecule is C=CCN(C)C[C@H]1O[C@@H](c2cccc(N3C(=O)CC(NC(=O)OCc4ccccc4)C3=O)c2)O[C@@H](c2ccc(CO)cc2)[C@H]1C. The number of nitrogens with zero attached hydrogens (tertiary/aromatic N) is 2. The van der Waals surface area contributed by atoms with Crippen molar-refractivity contribution in [3.63, 3.8) is 0 Å². The standard InChI is InChI=1S/C35H39N3O7/c1-4-17-37(3)20-30-23(2)32(26-15-13-24(21-39)14-16-26)45-34(44-30)27-11-8-12-28(18-27)38-31(40)19-29(33(38)41)36-35(42)43-22-25-9-6-5-7-10-25/h4-16,18,23,29-30,32,34,39H,1,17,19-22H2,2-3H3,(H,36,42)/t23-,29?,30+,32+,34+/m0/s1. The zero-order chi connectivity index (χ0) is 31.9. The minimum atomic E-state index is -1.04. The minimum Gasteiger partial charge on any atom is -0.445 e. The normalized spacial score (nSPS) is 23.3. The number of nitrogens with one attached hydrogen (secondary N) is 1. The van der Waals surface area contributed by atoms with Crippen LogP contribution in [0.1, 0.15) is 48.0 Å². The van der Waals surface area contributed by atoms with Crippen LogP contribution in [0.4, 0.5) is 10.5 Å². The molecule has 5 atom stereocenters. The Labute approximate surface area is 263 Å². The molecule has 3 aromatic carbocycles. The van der Waals surface area contributed by atoms with Gasteiger partial charge in [0.2, 0.25) is 5.91 Å². The quantitative estimate of drug-likeness (QED) is 0.237. The fraction of sp³-hybridized carbons (Fsp3) is 0.343. The molecule has 10 heteroatoms. The Balaban J connectivity index is 1.32. The average molecular weight is 614 g/mol. The lowest BCUT2D eigenvalue weighted by molar-refractivity contribution is -0.275. The van der Waals surface area contributed by atoms with Gasteiger partial charge in [0.05, 0.1) is 30.9 Å². The molecule has 0 aliphatic carbocycles. The number of hydrogen-bond donors (Lipinski definition) is 2. The van der Waals surface area contributed by atoms with Crippen molar-refractivity contribution in [1.29, 1.82) is 0 Å². The Morgan fingerprint density at radius 1 is 1.04 bits per heavy atom. The molecule has 2 N–H and O–H groups in total. The highest BCUT2D eigenvalue weighted by Crippen LogP contribution is 2.42. The van der Waals surface area contributed by atoms with E-state index in [0.717, 1.165) is 21.6 Å². The van der Waals surface area contributed by atoms with Crippen molar-refractivity contribution in [2.24, 2.45) is 5.92 Å². The van der Waals surface area contributed by atoms with E-state index in [1.54, 1.807) is 18.2 Å². The van der Waals surface area contributed by atoms with Crippen molar-refractivity contribution in [1.82, 2.24) is 10.2 Å². The van der Waals surface area contributed by atoms with Crippen LogP contribution in [0.15, 0.2) is 91.5 Å². The lowest BCUT2D eigenvalue weighted by atomic mass is 9.90. The van der Waals surface area contributed by atoms with Gasteiger partial charge in [-0.25, -0.2) is 9.69 Å². The van der Waals surface area contributed by atoms with Crippen molar-refractivity contribution in [2.45, 2.75) is 51.1 Å². The van der Waals surface area contributed by atoms with E-state index < -0.39 is 30.2 Å². The van der Waals surface area contributed by atoms with Crippen LogP contribution >= 0.6 is 0 Å². The highest BCUT2D eigenvalue weighted by Gasteiger charge is 2.42. The number of hydrogen-bond acceptors (Lipinski definition) is 8. The Kier molecular flexibility index (Phi) is 10.4. The summed E-state index contributed by atoms with van der Waals surface area (Å²) in [5.41, 5.74) is 3.58. The first-order valence-corrected chi connectivity index (χ1v) is 15.0. The molecule has 1 unspecified atom stereocenters. The predicted molar refractivity (Wildman–Crippen MR) is 168 cm³/mol. The molecule has 2 aliphatic rings. The Bertz CT molecular complexity index is 1500. The van der Waals surface area contributed by atoms with Gasteiger partial charge in [-0.2, -0.15) is 0 Å². The smallest absolute Gasteiger partial charge is 0.408 e. The van der Waals surface area contributed by atoms with Gasteiger partial charge >= 0.3 is 6.09 Å². The Morgan fingerprint density at radius 2 is 1.80 bits per heavy atom. The fourth-order valence-electron chi connectivity index (χ4n) is 5.66. The number of aliphatic hydroxyl groups is 1. The molecule has 2 fully saturated rings. The highest BCUT2D eigenvalue weighted by molar-refractivity contribution is 6.22. The van der Waals surface area contributed by atoms with E-state index in [9.17, 15) is 19.5 Å². The van der Waals surface area contributed by atoms with Crippen molar-refractivity contribution in [3.05, 3.63) is 114 Å². The topological polar surface area (TPSA) is 118 Å². The number of rotatable bonds is 11. The van der Waals surface area contributed by atoms with Gasteiger partial charge in [-0.15, -0.1) is 6.58 Å². The predicted octanol–water partition coefficient (Wildman–Crippen LogP) is 4.65. The number of anilines is 1. The van der Waals surface area contributed by atoms with Crippen LogP contribution in [0.25, 0.3) is 0 Å². The molecule has 10 nitrogen and oxygen atoms in total. The number of benzene rings is 3. The summed E-state index contributed by atoms with van der Waals surface area (Å²) in [6.07, 6.45) is -0.408. The fourth-order valence-corrected chi connectivity index (χ4v) is 5.66. The van der Waals surface area contributed by atoms with Gasteiger partial charge < -0.3 is 29.5 Å². The first-order chi connectivity index (χ1) is 21.8. The third-order valence-corrected chi connectivity index (χ3v) is 8.11. The number of imide groups is 1. The molecule has 0 radical (unpaired) electrons. The number of aliphatic hydroxyl groups excluding tert-OH is 1. The third-order valence-electron chi connectivity index (χ3n) is 8.11. The van der Waals surface area contributed by atoms with E-state index in [1.165, 1.54) is 0 Å². The highest BCUT2D eigenvalue weighted by atomic mass is 16.7. The maximum absolute atomic E-state index is 13.3. The second-order valence-corrected chi connectivity index (χ2v) is 11.5. The van der Waals surface area contributed by atoms with Crippen molar-refractivity contribution >= 4 is 23.6 Å². The van der Waals surface area contributed by atoms with Crippen molar-refractivity contribution in [2.75, 3.05) is 25.0 Å². The summed E-state index contributed by atoms with van der Waals surface area (Å²) in [5.74, 6) is -0.985. The summed E-state index contributed by atoms with van der Waals surface area (Å²) < 4.78 is 18.3. The zero-order valence-corrected chi connectivity index (χ0v) is 25.5. The zero-order valence-electron chi connectivity index (χ0n) is 25.5. The molecule has 0 bridgehead atoms. The van der Waals surface area contributed by atoms with E-state index in [-0.39, 0.29) is 37.8 Å². The van der Waals surface area contributed by atoms with E-state index in [4.69, 9.17) is 14.2 Å². The van der Waals surface area contributed by atoms with Gasteiger partial charge in [0, 0.05) is 24.6 Å². The van der Waals surface area contributed by atoms with Crippen molar-refractivity contribution < 1.29 is 33.7 Å². The van der Waals surface area contributed by atoms with Gasteiger partial charge in [-0.05, 0) is 35.9 Å². The van der Waals surface area contributed by atoms with Crippen LogP contribution in [-0.4, -0.2) is 60.2 Å².